The number of likely N-dealkylation sites (tertiary alicyclic amines) is 1. The van der Waals surface area contributed by atoms with E-state index >= 15 is 0 Å². The van der Waals surface area contributed by atoms with Crippen LogP contribution in [0.15, 0.2) is 30.3 Å². The smallest absolute Gasteiger partial charge is 0.226 e. The van der Waals surface area contributed by atoms with Gasteiger partial charge in [-0.15, -0.1) is 0 Å². The number of carbonyl (C=O) groups is 1. The van der Waals surface area contributed by atoms with E-state index < -0.39 is 0 Å². The summed E-state index contributed by atoms with van der Waals surface area (Å²) in [7, 11) is 0. The predicted octanol–water partition coefficient (Wildman–Crippen LogP) is 3.62. The molecular weight excluding hydrogens is 234 g/mol. The van der Waals surface area contributed by atoms with Crippen molar-refractivity contribution in [2.45, 2.75) is 45.1 Å². The molecule has 1 saturated carbocycles. The summed E-state index contributed by atoms with van der Waals surface area (Å²) in [5, 5.41) is 0. The monoisotopic (exact) mass is 257 g/mol. The van der Waals surface area contributed by atoms with Crippen molar-refractivity contribution in [3.8, 4) is 0 Å². The van der Waals surface area contributed by atoms with Gasteiger partial charge in [0.05, 0.1) is 0 Å². The molecule has 1 aliphatic carbocycles. The van der Waals surface area contributed by atoms with Gasteiger partial charge in [-0.05, 0) is 37.2 Å². The van der Waals surface area contributed by atoms with E-state index in [0.717, 1.165) is 19.5 Å². The molecule has 2 nitrogen and oxygen atoms in total. The molecular formula is C17H23NO. The Morgan fingerprint density at radius 3 is 2.47 bits per heavy atom. The van der Waals surface area contributed by atoms with Crippen LogP contribution in [0.1, 0.15) is 44.1 Å². The van der Waals surface area contributed by atoms with Crippen molar-refractivity contribution in [3.63, 3.8) is 0 Å². The van der Waals surface area contributed by atoms with Crippen LogP contribution in [-0.2, 0) is 11.3 Å². The second-order valence-electron chi connectivity index (χ2n) is 6.04. The maximum Gasteiger partial charge on any atom is 0.226 e. The molecule has 1 unspecified atom stereocenters. The quantitative estimate of drug-likeness (QED) is 0.810. The number of hydrogen-bond donors (Lipinski definition) is 0. The van der Waals surface area contributed by atoms with Gasteiger partial charge in [-0.25, -0.2) is 0 Å². The molecule has 1 aliphatic heterocycles. The molecule has 1 atom stereocenters. The molecule has 1 saturated heterocycles. The van der Waals surface area contributed by atoms with Crippen LogP contribution >= 0.6 is 0 Å². The molecule has 0 aromatic heterocycles. The van der Waals surface area contributed by atoms with Crippen molar-refractivity contribution in [2.75, 3.05) is 6.54 Å². The fourth-order valence-electron chi connectivity index (χ4n) is 3.73. The Bertz CT molecular complexity index is 422. The van der Waals surface area contributed by atoms with Crippen LogP contribution in [0.5, 0.6) is 0 Å². The lowest BCUT2D eigenvalue weighted by Crippen LogP contribution is -2.43. The minimum Gasteiger partial charge on any atom is -0.338 e. The highest BCUT2D eigenvalue weighted by Gasteiger charge is 2.35. The van der Waals surface area contributed by atoms with Crippen LogP contribution in [0.25, 0.3) is 0 Å². The molecule has 2 heteroatoms. The van der Waals surface area contributed by atoms with Gasteiger partial charge in [0.2, 0.25) is 5.91 Å². The Kier molecular flexibility index (Phi) is 3.86. The summed E-state index contributed by atoms with van der Waals surface area (Å²) in [5.74, 6) is 1.41. The van der Waals surface area contributed by atoms with Crippen LogP contribution in [0, 0.1) is 11.8 Å². The van der Waals surface area contributed by atoms with E-state index in [1.165, 1.54) is 37.7 Å². The zero-order valence-electron chi connectivity index (χ0n) is 11.6. The van der Waals surface area contributed by atoms with Crippen molar-refractivity contribution in [1.82, 2.24) is 4.90 Å². The second-order valence-corrected chi connectivity index (χ2v) is 6.04. The Morgan fingerprint density at radius 1 is 1.00 bits per heavy atom. The summed E-state index contributed by atoms with van der Waals surface area (Å²) in [6.07, 6.45) is 7.50. The molecule has 2 fully saturated rings. The maximum atomic E-state index is 12.6. The van der Waals surface area contributed by atoms with E-state index in [-0.39, 0.29) is 0 Å². The van der Waals surface area contributed by atoms with E-state index in [4.69, 9.17) is 0 Å². The van der Waals surface area contributed by atoms with Crippen LogP contribution in [0.4, 0.5) is 0 Å². The lowest BCUT2D eigenvalue weighted by molar-refractivity contribution is -0.141. The first-order valence-corrected chi connectivity index (χ1v) is 7.67. The second kappa shape index (κ2) is 5.77. The molecule has 19 heavy (non-hydrogen) atoms. The number of benzene rings is 1. The van der Waals surface area contributed by atoms with Crippen molar-refractivity contribution in [2.24, 2.45) is 11.8 Å². The number of nitrogens with zero attached hydrogens (tertiary/aromatic N) is 1. The largest absolute Gasteiger partial charge is 0.338 e. The minimum atomic E-state index is 0.319. The SMILES string of the molecule is O=C1C(C2CCCC2)CCCN1Cc1ccccc1. The van der Waals surface area contributed by atoms with Crippen molar-refractivity contribution >= 4 is 5.91 Å². The van der Waals surface area contributed by atoms with Gasteiger partial charge in [-0.2, -0.15) is 0 Å². The number of piperidine rings is 1. The molecule has 1 aromatic carbocycles. The Morgan fingerprint density at radius 2 is 1.74 bits per heavy atom. The van der Waals surface area contributed by atoms with Gasteiger partial charge in [-0.1, -0.05) is 43.2 Å². The van der Waals surface area contributed by atoms with Gasteiger partial charge < -0.3 is 4.90 Å². The third kappa shape index (κ3) is 2.83. The van der Waals surface area contributed by atoms with Crippen molar-refractivity contribution < 1.29 is 4.79 Å². The molecule has 0 spiro atoms. The van der Waals surface area contributed by atoms with Crippen LogP contribution in [0.2, 0.25) is 0 Å². The third-order valence-corrected chi connectivity index (χ3v) is 4.76. The maximum absolute atomic E-state index is 12.6. The Labute approximate surface area is 115 Å². The molecule has 3 rings (SSSR count). The predicted molar refractivity (Wildman–Crippen MR) is 76.5 cm³/mol. The first kappa shape index (κ1) is 12.7. The van der Waals surface area contributed by atoms with E-state index in [1.807, 2.05) is 6.07 Å². The number of carbonyl (C=O) groups excluding carboxylic acids is 1. The Balaban J connectivity index is 1.67. The number of hydrogen-bond acceptors (Lipinski definition) is 1. The highest BCUT2D eigenvalue weighted by atomic mass is 16.2. The molecule has 1 heterocycles. The van der Waals surface area contributed by atoms with Gasteiger partial charge in [0.15, 0.2) is 0 Å². The fraction of sp³-hybridized carbons (Fsp3) is 0.588. The van der Waals surface area contributed by atoms with E-state index in [2.05, 4.69) is 29.2 Å². The minimum absolute atomic E-state index is 0.319. The number of amides is 1. The fourth-order valence-corrected chi connectivity index (χ4v) is 3.73. The summed E-state index contributed by atoms with van der Waals surface area (Å²) >= 11 is 0. The molecule has 0 bridgehead atoms. The van der Waals surface area contributed by atoms with Crippen molar-refractivity contribution in [3.05, 3.63) is 35.9 Å². The molecule has 102 valence electrons. The van der Waals surface area contributed by atoms with E-state index in [9.17, 15) is 4.79 Å². The third-order valence-electron chi connectivity index (χ3n) is 4.76. The molecule has 0 radical (unpaired) electrons. The molecule has 2 aliphatic rings. The summed E-state index contributed by atoms with van der Waals surface area (Å²) < 4.78 is 0. The summed E-state index contributed by atoms with van der Waals surface area (Å²) in [6.45, 7) is 1.74. The molecule has 1 aromatic rings. The zero-order chi connectivity index (χ0) is 13.1. The van der Waals surface area contributed by atoms with E-state index in [1.54, 1.807) is 0 Å². The van der Waals surface area contributed by atoms with Gasteiger partial charge in [0, 0.05) is 19.0 Å². The average Bonchev–Trinajstić information content (AvgIpc) is 2.96. The van der Waals surface area contributed by atoms with Crippen LogP contribution in [0.3, 0.4) is 0 Å². The van der Waals surface area contributed by atoms with Gasteiger partial charge >= 0.3 is 0 Å². The summed E-state index contributed by atoms with van der Waals surface area (Å²) in [5.41, 5.74) is 1.25. The first-order chi connectivity index (χ1) is 9.34. The molecule has 1 amide bonds. The summed E-state index contributed by atoms with van der Waals surface area (Å²) in [4.78, 5) is 14.7. The normalized spacial score (nSPS) is 24.9. The highest BCUT2D eigenvalue weighted by Crippen LogP contribution is 2.36. The van der Waals surface area contributed by atoms with Gasteiger partial charge in [0.25, 0.3) is 0 Å². The van der Waals surface area contributed by atoms with Gasteiger partial charge in [0.1, 0.15) is 0 Å². The topological polar surface area (TPSA) is 20.3 Å². The average molecular weight is 257 g/mol. The van der Waals surface area contributed by atoms with Crippen LogP contribution < -0.4 is 0 Å². The van der Waals surface area contributed by atoms with E-state index in [0.29, 0.717) is 17.7 Å². The zero-order valence-corrected chi connectivity index (χ0v) is 11.6. The lowest BCUT2D eigenvalue weighted by Gasteiger charge is -2.35. The first-order valence-electron chi connectivity index (χ1n) is 7.67. The summed E-state index contributed by atoms with van der Waals surface area (Å²) in [6, 6.07) is 10.4. The standard InChI is InChI=1S/C17H23NO/c19-17-16(15-9-4-5-10-15)11-6-12-18(17)13-14-7-2-1-3-8-14/h1-3,7-8,15-16H,4-6,9-13H2. The highest BCUT2D eigenvalue weighted by molar-refractivity contribution is 5.79. The lowest BCUT2D eigenvalue weighted by atomic mass is 9.83. The molecule has 0 N–H and O–H groups in total. The van der Waals surface area contributed by atoms with Crippen LogP contribution in [-0.4, -0.2) is 17.4 Å². The van der Waals surface area contributed by atoms with Gasteiger partial charge in [-0.3, -0.25) is 4.79 Å². The number of rotatable bonds is 3. The Hall–Kier alpha value is -1.31. The van der Waals surface area contributed by atoms with Crippen molar-refractivity contribution in [1.29, 1.82) is 0 Å².